The number of nitrogens with one attached hydrogen (secondary N) is 2. The van der Waals surface area contributed by atoms with Gasteiger partial charge in [0.1, 0.15) is 17.1 Å². The van der Waals surface area contributed by atoms with Crippen LogP contribution in [0.15, 0.2) is 58.1 Å². The topological polar surface area (TPSA) is 95.5 Å². The highest BCUT2D eigenvalue weighted by molar-refractivity contribution is 6.01. The van der Waals surface area contributed by atoms with Gasteiger partial charge in [-0.1, -0.05) is 64.1 Å². The van der Waals surface area contributed by atoms with E-state index in [1.165, 1.54) is 0 Å². The summed E-state index contributed by atoms with van der Waals surface area (Å²) in [5.41, 5.74) is 0.192. The number of phenolic OH excluding ortho intramolecular Hbond substituents is 1. The Hall–Kier alpha value is -3.41. The van der Waals surface area contributed by atoms with Gasteiger partial charge < -0.3 is 15.7 Å². The average Bonchev–Trinajstić information content (AvgIpc) is 2.73. The Morgan fingerprint density at radius 1 is 0.968 bits per heavy atom. The number of hydrogen-bond acceptors (Lipinski definition) is 6. The minimum Gasteiger partial charge on any atom is -0.505 e. The highest BCUT2D eigenvalue weighted by atomic mass is 16.3. The van der Waals surface area contributed by atoms with Crippen molar-refractivity contribution in [3.8, 4) is 5.75 Å². The van der Waals surface area contributed by atoms with Gasteiger partial charge in [0.05, 0.1) is 17.3 Å². The van der Waals surface area contributed by atoms with Crippen LogP contribution in [0, 0.1) is 5.41 Å². The maximum Gasteiger partial charge on any atom is 0.253 e. The first-order chi connectivity index (χ1) is 14.6. The molecule has 31 heavy (non-hydrogen) atoms. The molecule has 3 aromatic carbocycles. The fourth-order valence-corrected chi connectivity index (χ4v) is 3.51. The van der Waals surface area contributed by atoms with Gasteiger partial charge in [-0.15, -0.1) is 0 Å². The molecule has 3 rings (SSSR count). The number of rotatable bonds is 8. The molecular formula is C25H28N2O4. The van der Waals surface area contributed by atoms with Gasteiger partial charge in [0.15, 0.2) is 5.78 Å². The minimum absolute atomic E-state index is 0.0927. The molecule has 0 fully saturated rings. The van der Waals surface area contributed by atoms with Crippen LogP contribution in [0.3, 0.4) is 0 Å². The van der Waals surface area contributed by atoms with Crippen molar-refractivity contribution in [1.29, 1.82) is 0 Å². The molecule has 162 valence electrons. The van der Waals surface area contributed by atoms with Crippen molar-refractivity contribution in [2.24, 2.45) is 5.41 Å². The Labute approximate surface area is 181 Å². The zero-order valence-electron chi connectivity index (χ0n) is 18.3. The van der Waals surface area contributed by atoms with Crippen LogP contribution in [0.5, 0.6) is 5.75 Å². The number of para-hydroxylation sites is 1. The maximum absolute atomic E-state index is 12.6. The molecule has 0 amide bonds. The number of benzene rings is 2. The predicted octanol–water partition coefficient (Wildman–Crippen LogP) is 4.91. The molecule has 6 heteroatoms. The molecule has 0 bridgehead atoms. The molecule has 3 aromatic rings. The van der Waals surface area contributed by atoms with E-state index in [9.17, 15) is 19.5 Å². The zero-order valence-corrected chi connectivity index (χ0v) is 18.3. The van der Waals surface area contributed by atoms with Crippen LogP contribution in [0.2, 0.25) is 0 Å². The lowest BCUT2D eigenvalue weighted by Gasteiger charge is -2.22. The first kappa shape index (κ1) is 22.3. The van der Waals surface area contributed by atoms with E-state index in [4.69, 9.17) is 0 Å². The van der Waals surface area contributed by atoms with Crippen LogP contribution in [0.25, 0.3) is 0 Å². The van der Waals surface area contributed by atoms with Gasteiger partial charge in [-0.25, -0.2) is 0 Å². The molecular weight excluding hydrogens is 392 g/mol. The Kier molecular flexibility index (Phi) is 6.29. The molecule has 0 heterocycles. The van der Waals surface area contributed by atoms with Gasteiger partial charge in [-0.05, 0) is 29.5 Å². The summed E-state index contributed by atoms with van der Waals surface area (Å²) in [4.78, 5) is 37.1. The summed E-state index contributed by atoms with van der Waals surface area (Å²) >= 11 is 0. The number of carbonyl (C=O) groups is 1. The molecule has 0 spiro atoms. The van der Waals surface area contributed by atoms with E-state index in [0.29, 0.717) is 6.42 Å². The number of ketones is 1. The van der Waals surface area contributed by atoms with Gasteiger partial charge in [0.25, 0.3) is 10.9 Å². The van der Waals surface area contributed by atoms with E-state index >= 15 is 0 Å². The molecule has 0 aliphatic heterocycles. The second-order valence-corrected chi connectivity index (χ2v) is 8.91. The molecule has 3 N–H and O–H groups in total. The zero-order chi connectivity index (χ0) is 22.8. The summed E-state index contributed by atoms with van der Waals surface area (Å²) in [6.07, 6.45) is 0.983. The fourth-order valence-electron chi connectivity index (χ4n) is 3.51. The molecule has 0 aliphatic carbocycles. The number of aromatic hydroxyl groups is 1. The Bertz CT molecular complexity index is 1150. The number of anilines is 3. The van der Waals surface area contributed by atoms with Crippen molar-refractivity contribution in [3.63, 3.8) is 0 Å². The van der Waals surface area contributed by atoms with Crippen molar-refractivity contribution < 1.29 is 9.90 Å². The quantitative estimate of drug-likeness (QED) is 0.272. The third kappa shape index (κ3) is 4.85. The summed E-state index contributed by atoms with van der Waals surface area (Å²) in [6.45, 7) is 7.83. The fraction of sp³-hybridized carbons (Fsp3) is 0.320. The third-order valence-corrected chi connectivity index (χ3v) is 5.13. The summed E-state index contributed by atoms with van der Waals surface area (Å²) in [5, 5.41) is 16.7. The van der Waals surface area contributed by atoms with E-state index in [1.54, 1.807) is 18.2 Å². The molecule has 1 atom stereocenters. The van der Waals surface area contributed by atoms with Gasteiger partial charge in [0.2, 0.25) is 0 Å². The van der Waals surface area contributed by atoms with Crippen LogP contribution >= 0.6 is 0 Å². The van der Waals surface area contributed by atoms with Crippen molar-refractivity contribution >= 4 is 22.8 Å². The summed E-state index contributed by atoms with van der Waals surface area (Å²) in [7, 11) is 0. The van der Waals surface area contributed by atoms with Crippen molar-refractivity contribution in [2.75, 3.05) is 10.6 Å². The Balaban J connectivity index is 1.87. The van der Waals surface area contributed by atoms with E-state index in [2.05, 4.69) is 10.6 Å². The molecule has 0 saturated heterocycles. The summed E-state index contributed by atoms with van der Waals surface area (Å²) in [5.74, 6) is -0.419. The van der Waals surface area contributed by atoms with Crippen LogP contribution in [-0.4, -0.2) is 10.9 Å². The predicted molar refractivity (Wildman–Crippen MR) is 124 cm³/mol. The van der Waals surface area contributed by atoms with Crippen LogP contribution in [-0.2, 0) is 0 Å². The molecule has 6 nitrogen and oxygen atoms in total. The van der Waals surface area contributed by atoms with Crippen LogP contribution in [0.4, 0.5) is 17.1 Å². The lowest BCUT2D eigenvalue weighted by molar-refractivity contribution is 0.0937. The largest absolute Gasteiger partial charge is 0.505 e. The molecule has 0 aromatic heterocycles. The Morgan fingerprint density at radius 3 is 2.23 bits per heavy atom. The second kappa shape index (κ2) is 8.76. The monoisotopic (exact) mass is 420 g/mol. The Morgan fingerprint density at radius 2 is 1.61 bits per heavy atom. The van der Waals surface area contributed by atoms with Gasteiger partial charge in [-0.2, -0.15) is 0 Å². The smallest absolute Gasteiger partial charge is 0.253 e. The van der Waals surface area contributed by atoms with Crippen LogP contribution in [0.1, 0.15) is 62.5 Å². The minimum atomic E-state index is -0.656. The molecule has 0 saturated carbocycles. The van der Waals surface area contributed by atoms with Gasteiger partial charge in [0, 0.05) is 6.42 Å². The van der Waals surface area contributed by atoms with Crippen LogP contribution < -0.4 is 21.5 Å². The van der Waals surface area contributed by atoms with E-state index < -0.39 is 10.9 Å². The van der Waals surface area contributed by atoms with Crippen molar-refractivity contribution in [1.82, 2.24) is 0 Å². The molecule has 0 aliphatic rings. The highest BCUT2D eigenvalue weighted by Gasteiger charge is 2.26. The van der Waals surface area contributed by atoms with Crippen molar-refractivity contribution in [3.05, 3.63) is 80.1 Å². The third-order valence-electron chi connectivity index (χ3n) is 5.13. The van der Waals surface area contributed by atoms with Gasteiger partial charge in [-0.3, -0.25) is 14.4 Å². The lowest BCUT2D eigenvalue weighted by Crippen LogP contribution is -2.37. The normalized spacial score (nSPS) is 12.5. The highest BCUT2D eigenvalue weighted by Crippen LogP contribution is 2.34. The second-order valence-electron chi connectivity index (χ2n) is 8.91. The SMILES string of the molecule is CC[C@@H](Nc1c(Nc2cccc(C(=O)CC(C)(C)C)c2O)c(=O)c1=O)c1ccccc1. The van der Waals surface area contributed by atoms with E-state index in [-0.39, 0.29) is 52.0 Å². The number of phenols is 1. The lowest BCUT2D eigenvalue weighted by atomic mass is 9.87. The first-order valence-electron chi connectivity index (χ1n) is 10.4. The summed E-state index contributed by atoms with van der Waals surface area (Å²) in [6, 6.07) is 14.3. The number of carbonyl (C=O) groups excluding carboxylic acids is 1. The van der Waals surface area contributed by atoms with E-state index in [0.717, 1.165) is 5.56 Å². The van der Waals surface area contributed by atoms with E-state index in [1.807, 2.05) is 58.0 Å². The van der Waals surface area contributed by atoms with Crippen molar-refractivity contribution in [2.45, 2.75) is 46.6 Å². The molecule has 0 unspecified atom stereocenters. The molecule has 0 radical (unpaired) electrons. The standard InChI is InChI=1S/C25H28N2O4/c1-5-17(15-10-7-6-8-11-15)26-20-21(24(31)23(20)30)27-18-13-9-12-16(22(18)29)19(28)14-25(2,3)4/h6-13,17,26-27,29H,5,14H2,1-4H3/t17-/m1/s1. The number of hydrogen-bond donors (Lipinski definition) is 3. The van der Waals surface area contributed by atoms with Gasteiger partial charge >= 0.3 is 0 Å². The number of Topliss-reactive ketones (excluding diaryl/α,β-unsaturated/α-hetero) is 1. The summed E-state index contributed by atoms with van der Waals surface area (Å²) < 4.78 is 0. The average molecular weight is 421 g/mol. The maximum atomic E-state index is 12.6. The first-order valence-corrected chi connectivity index (χ1v) is 10.4.